The zero-order chi connectivity index (χ0) is 28.3. The summed E-state index contributed by atoms with van der Waals surface area (Å²) in [5.74, 6) is 0.492. The Morgan fingerprint density at radius 3 is 2.62 bits per heavy atom. The van der Waals surface area contributed by atoms with Crippen molar-refractivity contribution in [2.75, 3.05) is 19.6 Å². The average Bonchev–Trinajstić information content (AvgIpc) is 3.46. The number of nitrogens with one attached hydrogen (secondary N) is 1. The highest BCUT2D eigenvalue weighted by Crippen LogP contribution is 2.29. The monoisotopic (exact) mass is 532 g/mol. The Kier molecular flexibility index (Phi) is 9.14. The number of likely N-dealkylation sites (tertiary alicyclic amines) is 1. The van der Waals surface area contributed by atoms with E-state index in [9.17, 15) is 14.9 Å². The van der Waals surface area contributed by atoms with Crippen LogP contribution in [-0.4, -0.2) is 74.9 Å². The van der Waals surface area contributed by atoms with Crippen LogP contribution in [0.2, 0.25) is 0 Å². The third-order valence-electron chi connectivity index (χ3n) is 8.31. The minimum atomic E-state index is -0.294. The van der Waals surface area contributed by atoms with Gasteiger partial charge in [0.15, 0.2) is 0 Å². The first-order valence-electron chi connectivity index (χ1n) is 14.2. The molecule has 8 heteroatoms. The minimum absolute atomic E-state index is 0.0899. The molecule has 4 atom stereocenters. The molecule has 2 saturated heterocycles. The van der Waals surface area contributed by atoms with Crippen molar-refractivity contribution in [3.05, 3.63) is 58.9 Å². The van der Waals surface area contributed by atoms with E-state index in [0.29, 0.717) is 44.6 Å². The maximum Gasteiger partial charge on any atom is 0.240 e. The molecule has 4 rings (SSSR count). The van der Waals surface area contributed by atoms with E-state index in [1.807, 2.05) is 28.0 Å². The number of hydrogen-bond donors (Lipinski definition) is 1. The molecule has 0 saturated carbocycles. The molecule has 1 N–H and O–H groups in total. The molecule has 0 bridgehead atoms. The van der Waals surface area contributed by atoms with Crippen LogP contribution in [0.4, 0.5) is 0 Å². The lowest BCUT2D eigenvalue weighted by molar-refractivity contribution is -0.140. The molecule has 39 heavy (non-hydrogen) atoms. The van der Waals surface area contributed by atoms with Gasteiger partial charge < -0.3 is 19.7 Å². The second kappa shape index (κ2) is 12.4. The largest absolute Gasteiger partial charge is 0.351 e. The number of nitriles is 1. The van der Waals surface area contributed by atoms with Crippen LogP contribution >= 0.6 is 0 Å². The molecule has 2 amide bonds. The van der Waals surface area contributed by atoms with Gasteiger partial charge in [-0.05, 0) is 62.9 Å². The van der Waals surface area contributed by atoms with Gasteiger partial charge in [-0.25, -0.2) is 0 Å². The summed E-state index contributed by atoms with van der Waals surface area (Å²) in [7, 11) is 2.07. The number of aryl methyl sites for hydroxylation is 1. The molecular weight excluding hydrogens is 488 g/mol. The molecule has 0 aliphatic carbocycles. The van der Waals surface area contributed by atoms with E-state index in [-0.39, 0.29) is 41.9 Å². The van der Waals surface area contributed by atoms with E-state index < -0.39 is 0 Å². The van der Waals surface area contributed by atoms with Gasteiger partial charge in [0.25, 0.3) is 0 Å². The van der Waals surface area contributed by atoms with E-state index in [1.54, 1.807) is 6.07 Å². The van der Waals surface area contributed by atoms with E-state index in [0.717, 1.165) is 17.8 Å². The van der Waals surface area contributed by atoms with Crippen LogP contribution in [-0.2, 0) is 29.7 Å². The molecule has 0 spiro atoms. The lowest BCUT2D eigenvalue weighted by atomic mass is 10.0. The number of aromatic nitrogens is 1. The van der Waals surface area contributed by atoms with Gasteiger partial charge in [-0.3, -0.25) is 14.5 Å². The van der Waals surface area contributed by atoms with Gasteiger partial charge in [0.05, 0.1) is 17.7 Å². The second-order valence-electron chi connectivity index (χ2n) is 11.9. The van der Waals surface area contributed by atoms with Crippen molar-refractivity contribution in [2.24, 2.45) is 13.0 Å². The summed E-state index contributed by atoms with van der Waals surface area (Å²) >= 11 is 0. The van der Waals surface area contributed by atoms with Crippen LogP contribution in [0, 0.1) is 24.2 Å². The quantitative estimate of drug-likeness (QED) is 0.563. The molecule has 2 unspecified atom stereocenters. The number of carbonyl (C=O) groups excluding carboxylic acids is 2. The van der Waals surface area contributed by atoms with Crippen molar-refractivity contribution in [2.45, 2.75) is 84.7 Å². The fourth-order valence-electron chi connectivity index (χ4n) is 5.91. The minimum Gasteiger partial charge on any atom is -0.351 e. The Balaban J connectivity index is 1.64. The highest BCUT2D eigenvalue weighted by molar-refractivity contribution is 5.83. The summed E-state index contributed by atoms with van der Waals surface area (Å²) in [6.45, 7) is 13.6. The average molecular weight is 533 g/mol. The number of carbonyl (C=O) groups is 2. The third-order valence-corrected chi connectivity index (χ3v) is 8.31. The SMILES string of the molecule is Cc1ccc(CN2C[C@@H](N(Cc3cccc(C#N)c3)C(=O)CC(C)C)C[C@H]2C(=O)N2CC(C)NCC2C)n1C. The van der Waals surface area contributed by atoms with Gasteiger partial charge >= 0.3 is 0 Å². The lowest BCUT2D eigenvalue weighted by Crippen LogP contribution is -2.59. The maximum absolute atomic E-state index is 14.1. The highest BCUT2D eigenvalue weighted by atomic mass is 16.2. The molecule has 0 radical (unpaired) electrons. The van der Waals surface area contributed by atoms with Crippen LogP contribution in [0.15, 0.2) is 36.4 Å². The molecular formula is C31H44N6O2. The Morgan fingerprint density at radius 1 is 1.18 bits per heavy atom. The van der Waals surface area contributed by atoms with Gasteiger partial charge in [-0.1, -0.05) is 26.0 Å². The lowest BCUT2D eigenvalue weighted by Gasteiger charge is -2.40. The topological polar surface area (TPSA) is 84.6 Å². The van der Waals surface area contributed by atoms with Crippen LogP contribution in [0.1, 0.15) is 63.1 Å². The number of rotatable bonds is 8. The Bertz CT molecular complexity index is 1210. The highest BCUT2D eigenvalue weighted by Gasteiger charge is 2.43. The summed E-state index contributed by atoms with van der Waals surface area (Å²) in [4.78, 5) is 34.0. The summed E-state index contributed by atoms with van der Waals surface area (Å²) in [5.41, 5.74) is 3.87. The smallest absolute Gasteiger partial charge is 0.240 e. The molecule has 2 aliphatic heterocycles. The van der Waals surface area contributed by atoms with Crippen molar-refractivity contribution in [1.29, 1.82) is 5.26 Å². The Labute approximate surface area is 233 Å². The van der Waals surface area contributed by atoms with Gasteiger partial charge in [0.1, 0.15) is 0 Å². The number of hydrogen-bond acceptors (Lipinski definition) is 5. The van der Waals surface area contributed by atoms with Crippen molar-refractivity contribution in [1.82, 2.24) is 24.6 Å². The molecule has 2 aliphatic rings. The third kappa shape index (κ3) is 6.71. The number of nitrogens with zero attached hydrogens (tertiary/aromatic N) is 5. The zero-order valence-electron chi connectivity index (χ0n) is 24.4. The molecule has 1 aromatic carbocycles. The van der Waals surface area contributed by atoms with E-state index in [1.165, 1.54) is 5.69 Å². The fraction of sp³-hybridized carbons (Fsp3) is 0.581. The maximum atomic E-state index is 14.1. The van der Waals surface area contributed by atoms with E-state index >= 15 is 0 Å². The first-order chi connectivity index (χ1) is 18.6. The van der Waals surface area contributed by atoms with Crippen molar-refractivity contribution >= 4 is 11.8 Å². The van der Waals surface area contributed by atoms with Gasteiger partial charge in [0.2, 0.25) is 11.8 Å². The molecule has 2 fully saturated rings. The fourth-order valence-corrected chi connectivity index (χ4v) is 5.91. The standard InChI is InChI=1S/C31H44N6O2/c1-21(2)12-30(38)37(18-26-9-7-8-25(13-26)15-32)28-14-29(31(39)36-17-22(3)33-16-24(36)5)35(20-28)19-27-11-10-23(4)34(27)6/h7-11,13,21-22,24,28-29,33H,12,14,16-20H2,1-6H3/t22?,24?,28-,29-/m0/s1. The first-order valence-corrected chi connectivity index (χ1v) is 14.2. The van der Waals surface area contributed by atoms with Crippen LogP contribution in [0.5, 0.6) is 0 Å². The Morgan fingerprint density at radius 2 is 1.95 bits per heavy atom. The molecule has 2 aromatic rings. The van der Waals surface area contributed by atoms with E-state index in [2.05, 4.69) is 74.7 Å². The van der Waals surface area contributed by atoms with Crippen LogP contribution in [0.25, 0.3) is 0 Å². The van der Waals surface area contributed by atoms with Gasteiger partial charge in [0, 0.05) is 75.7 Å². The summed E-state index contributed by atoms with van der Waals surface area (Å²) in [6, 6.07) is 13.9. The predicted octanol–water partition coefficient (Wildman–Crippen LogP) is 3.43. The summed E-state index contributed by atoms with van der Waals surface area (Å²) in [6.07, 6.45) is 1.06. The molecule has 3 heterocycles. The van der Waals surface area contributed by atoms with E-state index in [4.69, 9.17) is 0 Å². The molecule has 1 aromatic heterocycles. The van der Waals surface area contributed by atoms with Crippen molar-refractivity contribution in [3.8, 4) is 6.07 Å². The van der Waals surface area contributed by atoms with Gasteiger partial charge in [-0.15, -0.1) is 0 Å². The number of benzene rings is 1. The normalized spacial score (nSPS) is 23.7. The predicted molar refractivity (Wildman–Crippen MR) is 153 cm³/mol. The van der Waals surface area contributed by atoms with Crippen molar-refractivity contribution < 1.29 is 9.59 Å². The van der Waals surface area contributed by atoms with Gasteiger partial charge in [-0.2, -0.15) is 5.26 Å². The van der Waals surface area contributed by atoms with Crippen LogP contribution in [0.3, 0.4) is 0 Å². The Hall–Kier alpha value is -3.15. The number of piperazine rings is 1. The summed E-state index contributed by atoms with van der Waals surface area (Å²) < 4.78 is 2.18. The second-order valence-corrected chi connectivity index (χ2v) is 11.9. The first kappa shape index (κ1) is 28.8. The van der Waals surface area contributed by atoms with Crippen molar-refractivity contribution in [3.63, 3.8) is 0 Å². The molecule has 210 valence electrons. The zero-order valence-corrected chi connectivity index (χ0v) is 24.4. The van der Waals surface area contributed by atoms with Crippen LogP contribution < -0.4 is 5.32 Å². The number of amides is 2. The summed E-state index contributed by atoms with van der Waals surface area (Å²) in [5, 5.41) is 12.9. The molecule has 8 nitrogen and oxygen atoms in total.